The Morgan fingerprint density at radius 2 is 1.96 bits per heavy atom. The van der Waals surface area contributed by atoms with Gasteiger partial charge < -0.3 is 4.74 Å². The number of hydrogen-bond donors (Lipinski definition) is 1. The highest BCUT2D eigenvalue weighted by Crippen LogP contribution is 2.28. The number of rotatable bonds is 5. The molecule has 0 atom stereocenters. The average molecular weight is 464 g/mol. The minimum absolute atomic E-state index is 0.159. The molecule has 1 N–H and O–H groups in total. The van der Waals surface area contributed by atoms with E-state index in [1.807, 2.05) is 6.92 Å². The van der Waals surface area contributed by atoms with E-state index in [0.29, 0.717) is 27.4 Å². The fraction of sp³-hybridized carbons (Fsp3) is 0.150. The van der Waals surface area contributed by atoms with Crippen LogP contribution in [0.25, 0.3) is 6.08 Å². The SMILES string of the molecule is CCCOc1ccc(/C=C2\C(=O)NC(=O)N(c3cccc(Cl)c3)C2=O)cc1Br. The van der Waals surface area contributed by atoms with E-state index in [2.05, 4.69) is 21.2 Å². The fourth-order valence-electron chi connectivity index (χ4n) is 2.61. The molecule has 0 unspecified atom stereocenters. The van der Waals surface area contributed by atoms with E-state index in [1.54, 1.807) is 36.4 Å². The topological polar surface area (TPSA) is 75.7 Å². The quantitative estimate of drug-likeness (QED) is 0.521. The lowest BCUT2D eigenvalue weighted by Gasteiger charge is -2.26. The Balaban J connectivity index is 1.94. The normalized spacial score (nSPS) is 15.8. The number of nitrogens with zero attached hydrogens (tertiary/aromatic N) is 1. The van der Waals surface area contributed by atoms with Gasteiger partial charge in [0.1, 0.15) is 11.3 Å². The van der Waals surface area contributed by atoms with Crippen molar-refractivity contribution < 1.29 is 19.1 Å². The van der Waals surface area contributed by atoms with Crippen molar-refractivity contribution in [2.24, 2.45) is 0 Å². The molecule has 4 amide bonds. The van der Waals surface area contributed by atoms with Gasteiger partial charge in [-0.1, -0.05) is 30.7 Å². The summed E-state index contributed by atoms with van der Waals surface area (Å²) in [6, 6.07) is 10.7. The van der Waals surface area contributed by atoms with Gasteiger partial charge in [0.2, 0.25) is 0 Å². The van der Waals surface area contributed by atoms with Gasteiger partial charge in [-0.25, -0.2) is 9.69 Å². The number of carbonyl (C=O) groups is 3. The number of carbonyl (C=O) groups excluding carboxylic acids is 3. The summed E-state index contributed by atoms with van der Waals surface area (Å²) in [5.41, 5.74) is 0.723. The maximum Gasteiger partial charge on any atom is 0.335 e. The zero-order valence-electron chi connectivity index (χ0n) is 14.9. The smallest absolute Gasteiger partial charge is 0.335 e. The number of benzene rings is 2. The molecule has 2 aromatic carbocycles. The van der Waals surface area contributed by atoms with E-state index < -0.39 is 17.8 Å². The summed E-state index contributed by atoms with van der Waals surface area (Å²) >= 11 is 9.37. The monoisotopic (exact) mass is 462 g/mol. The van der Waals surface area contributed by atoms with E-state index in [0.717, 1.165) is 11.3 Å². The zero-order valence-corrected chi connectivity index (χ0v) is 17.2. The van der Waals surface area contributed by atoms with Gasteiger partial charge in [0.05, 0.1) is 16.8 Å². The molecule has 1 saturated heterocycles. The standard InChI is InChI=1S/C20H16BrClN2O4/c1-2-8-28-17-7-6-12(10-16(17)21)9-15-18(25)23-20(27)24(19(15)26)14-5-3-4-13(22)11-14/h3-7,9-11H,2,8H2,1H3,(H,23,25,27)/b15-9+. The zero-order chi connectivity index (χ0) is 20.3. The van der Waals surface area contributed by atoms with Gasteiger partial charge in [-0.15, -0.1) is 0 Å². The highest BCUT2D eigenvalue weighted by atomic mass is 79.9. The highest BCUT2D eigenvalue weighted by molar-refractivity contribution is 9.10. The summed E-state index contributed by atoms with van der Waals surface area (Å²) < 4.78 is 6.29. The van der Waals surface area contributed by atoms with Crippen molar-refractivity contribution in [1.82, 2.24) is 5.32 Å². The Labute approximate surface area is 175 Å². The van der Waals surface area contributed by atoms with Gasteiger partial charge in [-0.3, -0.25) is 14.9 Å². The van der Waals surface area contributed by atoms with Gasteiger partial charge >= 0.3 is 6.03 Å². The molecule has 1 fully saturated rings. The van der Waals surface area contributed by atoms with Crippen LogP contribution in [-0.4, -0.2) is 24.5 Å². The number of ether oxygens (including phenoxy) is 1. The van der Waals surface area contributed by atoms with E-state index in [4.69, 9.17) is 16.3 Å². The van der Waals surface area contributed by atoms with Crippen molar-refractivity contribution in [3.8, 4) is 5.75 Å². The number of barbiturate groups is 1. The molecule has 0 bridgehead atoms. The van der Waals surface area contributed by atoms with E-state index in [9.17, 15) is 14.4 Å². The number of urea groups is 1. The third-order valence-electron chi connectivity index (χ3n) is 3.90. The Hall–Kier alpha value is -2.64. The second-order valence-electron chi connectivity index (χ2n) is 5.98. The molecule has 6 nitrogen and oxygen atoms in total. The molecule has 2 aromatic rings. The maximum absolute atomic E-state index is 12.9. The molecular formula is C20H16BrClN2O4. The molecule has 144 valence electrons. The molecule has 1 aliphatic rings. The van der Waals surface area contributed by atoms with Crippen molar-refractivity contribution in [3.63, 3.8) is 0 Å². The Kier molecular flexibility index (Phi) is 6.16. The third-order valence-corrected chi connectivity index (χ3v) is 4.75. The predicted molar refractivity (Wildman–Crippen MR) is 110 cm³/mol. The molecule has 0 aromatic heterocycles. The summed E-state index contributed by atoms with van der Waals surface area (Å²) in [6.07, 6.45) is 2.30. The summed E-state index contributed by atoms with van der Waals surface area (Å²) in [4.78, 5) is 38.2. The number of nitrogens with one attached hydrogen (secondary N) is 1. The van der Waals surface area contributed by atoms with E-state index in [-0.39, 0.29) is 11.3 Å². The van der Waals surface area contributed by atoms with Crippen LogP contribution in [0.4, 0.5) is 10.5 Å². The molecule has 0 saturated carbocycles. The van der Waals surface area contributed by atoms with Gasteiger partial charge in [-0.05, 0) is 64.3 Å². The maximum atomic E-state index is 12.9. The highest BCUT2D eigenvalue weighted by Gasteiger charge is 2.36. The lowest BCUT2D eigenvalue weighted by atomic mass is 10.1. The summed E-state index contributed by atoms with van der Waals surface area (Å²) in [5.74, 6) is -0.812. The number of imide groups is 2. The Bertz CT molecular complexity index is 990. The van der Waals surface area contributed by atoms with Crippen molar-refractivity contribution in [2.75, 3.05) is 11.5 Å². The van der Waals surface area contributed by atoms with Gasteiger partial charge in [0, 0.05) is 5.02 Å². The third kappa shape index (κ3) is 4.26. The minimum Gasteiger partial charge on any atom is -0.492 e. The molecule has 0 aliphatic carbocycles. The first-order valence-corrected chi connectivity index (χ1v) is 9.67. The van der Waals surface area contributed by atoms with Crippen molar-refractivity contribution in [3.05, 3.63) is 63.1 Å². The van der Waals surface area contributed by atoms with E-state index >= 15 is 0 Å². The number of amides is 4. The van der Waals surface area contributed by atoms with Crippen LogP contribution >= 0.6 is 27.5 Å². The van der Waals surface area contributed by atoms with Crippen LogP contribution in [0, 0.1) is 0 Å². The second kappa shape index (κ2) is 8.58. The summed E-state index contributed by atoms with van der Waals surface area (Å²) in [6.45, 7) is 2.59. The Morgan fingerprint density at radius 3 is 2.64 bits per heavy atom. The first-order chi connectivity index (χ1) is 13.4. The molecule has 1 heterocycles. The van der Waals surface area contributed by atoms with Gasteiger partial charge in [0.25, 0.3) is 11.8 Å². The fourth-order valence-corrected chi connectivity index (χ4v) is 3.31. The van der Waals surface area contributed by atoms with E-state index in [1.165, 1.54) is 12.1 Å². The largest absolute Gasteiger partial charge is 0.492 e. The lowest BCUT2D eigenvalue weighted by Crippen LogP contribution is -2.54. The molecule has 0 radical (unpaired) electrons. The first-order valence-electron chi connectivity index (χ1n) is 8.50. The number of anilines is 1. The molecular weight excluding hydrogens is 448 g/mol. The van der Waals surface area contributed by atoms with Crippen LogP contribution in [0.15, 0.2) is 52.5 Å². The number of halogens is 2. The van der Waals surface area contributed by atoms with Crippen molar-refractivity contribution >= 4 is 57.1 Å². The van der Waals surface area contributed by atoms with Gasteiger partial charge in [0.15, 0.2) is 0 Å². The molecule has 3 rings (SSSR count). The molecule has 0 spiro atoms. The Morgan fingerprint density at radius 1 is 1.18 bits per heavy atom. The molecule has 28 heavy (non-hydrogen) atoms. The van der Waals surface area contributed by atoms with Crippen molar-refractivity contribution in [1.29, 1.82) is 0 Å². The second-order valence-corrected chi connectivity index (χ2v) is 7.27. The summed E-state index contributed by atoms with van der Waals surface area (Å²) in [5, 5.41) is 2.55. The van der Waals surface area contributed by atoms with Crippen LogP contribution in [0.3, 0.4) is 0 Å². The lowest BCUT2D eigenvalue weighted by molar-refractivity contribution is -0.122. The van der Waals surface area contributed by atoms with Gasteiger partial charge in [-0.2, -0.15) is 0 Å². The molecule has 1 aliphatic heterocycles. The first kappa shape index (κ1) is 20.1. The van der Waals surface area contributed by atoms with Crippen LogP contribution in [0.1, 0.15) is 18.9 Å². The average Bonchev–Trinajstić information content (AvgIpc) is 2.64. The van der Waals surface area contributed by atoms with Crippen LogP contribution in [0.2, 0.25) is 5.02 Å². The van der Waals surface area contributed by atoms with Crippen molar-refractivity contribution in [2.45, 2.75) is 13.3 Å². The predicted octanol–water partition coefficient (Wildman–Crippen LogP) is 4.56. The van der Waals surface area contributed by atoms with Crippen LogP contribution < -0.4 is 15.0 Å². The minimum atomic E-state index is -0.820. The molecule has 8 heteroatoms. The number of hydrogen-bond acceptors (Lipinski definition) is 4. The van der Waals surface area contributed by atoms with Crippen LogP contribution in [0.5, 0.6) is 5.75 Å². The van der Waals surface area contributed by atoms with Crippen LogP contribution in [-0.2, 0) is 9.59 Å². The summed E-state index contributed by atoms with van der Waals surface area (Å²) in [7, 11) is 0.